The van der Waals surface area contributed by atoms with E-state index in [1.165, 1.54) is 14.2 Å². The second-order valence-electron chi connectivity index (χ2n) is 4.36. The summed E-state index contributed by atoms with van der Waals surface area (Å²) in [6.07, 6.45) is 0.720. The lowest BCUT2D eigenvalue weighted by Gasteiger charge is -2.18. The molecule has 1 heterocycles. The molecule has 0 radical (unpaired) electrons. The van der Waals surface area contributed by atoms with Crippen LogP contribution in [0.5, 0.6) is 0 Å². The molecule has 0 aromatic carbocycles. The molecule has 0 bridgehead atoms. The number of methoxy groups -OCH3 is 2. The molecule has 1 fully saturated rings. The van der Waals surface area contributed by atoms with Gasteiger partial charge in [-0.3, -0.25) is 14.4 Å². The molecule has 1 rings (SSSR count). The molecule has 0 aliphatic carbocycles. The third kappa shape index (κ3) is 4.52. The van der Waals surface area contributed by atoms with Gasteiger partial charge in [-0.05, 0) is 12.8 Å². The quantitative estimate of drug-likeness (QED) is 0.598. The van der Waals surface area contributed by atoms with Gasteiger partial charge in [0.1, 0.15) is 12.1 Å². The van der Waals surface area contributed by atoms with Crippen molar-refractivity contribution in [2.45, 2.75) is 37.8 Å². The molecule has 0 unspecified atom stereocenters. The Balaban J connectivity index is 2.55. The fourth-order valence-electron chi connectivity index (χ4n) is 1.84. The molecule has 0 saturated carbocycles. The lowest BCUT2D eigenvalue weighted by Crippen LogP contribution is -2.49. The zero-order valence-corrected chi connectivity index (χ0v) is 11.4. The van der Waals surface area contributed by atoms with Crippen LogP contribution in [-0.2, 0) is 28.7 Å². The summed E-state index contributed by atoms with van der Waals surface area (Å²) in [5.74, 6) is -1.79. The van der Waals surface area contributed by atoms with Gasteiger partial charge in [0.15, 0.2) is 0 Å². The summed E-state index contributed by atoms with van der Waals surface area (Å²) in [6, 6.07) is -1.59. The van der Waals surface area contributed by atoms with Gasteiger partial charge in [0.25, 0.3) is 0 Å². The van der Waals surface area contributed by atoms with E-state index in [1.807, 2.05) is 0 Å². The summed E-state index contributed by atoms with van der Waals surface area (Å²) in [5, 5.41) is 4.97. The van der Waals surface area contributed by atoms with Crippen molar-refractivity contribution in [1.29, 1.82) is 0 Å². The number of carbonyl (C=O) groups is 4. The Morgan fingerprint density at radius 2 is 2.05 bits per heavy atom. The summed E-state index contributed by atoms with van der Waals surface area (Å²) >= 11 is 0. The van der Waals surface area contributed by atoms with E-state index >= 15 is 0 Å². The molecule has 20 heavy (non-hydrogen) atoms. The van der Waals surface area contributed by atoms with Gasteiger partial charge in [0.05, 0.1) is 14.2 Å². The van der Waals surface area contributed by atoms with Gasteiger partial charge in [-0.25, -0.2) is 4.79 Å². The molecule has 8 heteroatoms. The van der Waals surface area contributed by atoms with Crippen LogP contribution in [0.1, 0.15) is 25.7 Å². The molecule has 2 atom stereocenters. The number of nitrogens with one attached hydrogen (secondary N) is 2. The number of esters is 2. The van der Waals surface area contributed by atoms with Crippen LogP contribution >= 0.6 is 0 Å². The largest absolute Gasteiger partial charge is 0.469 e. The van der Waals surface area contributed by atoms with Crippen LogP contribution < -0.4 is 10.6 Å². The Morgan fingerprint density at radius 1 is 1.35 bits per heavy atom. The molecule has 2 amide bonds. The van der Waals surface area contributed by atoms with E-state index in [4.69, 9.17) is 0 Å². The molecule has 1 aliphatic heterocycles. The first-order chi connectivity index (χ1) is 9.47. The average Bonchev–Trinajstić information content (AvgIpc) is 2.88. The monoisotopic (exact) mass is 286 g/mol. The third-order valence-corrected chi connectivity index (χ3v) is 2.98. The Kier molecular flexibility index (Phi) is 5.95. The SMILES string of the molecule is COC(=O)CC[C@@H](NC(=O)[C@H]1CCC(=O)N1)C(=O)OC. The molecule has 8 nitrogen and oxygen atoms in total. The fraction of sp³-hybridized carbons (Fsp3) is 0.667. The molecule has 1 aliphatic rings. The predicted octanol–water partition coefficient (Wildman–Crippen LogP) is -1.12. The zero-order chi connectivity index (χ0) is 15.1. The van der Waals surface area contributed by atoms with Crippen molar-refractivity contribution in [3.05, 3.63) is 0 Å². The highest BCUT2D eigenvalue weighted by Crippen LogP contribution is 2.08. The topological polar surface area (TPSA) is 111 Å². The smallest absolute Gasteiger partial charge is 0.328 e. The van der Waals surface area contributed by atoms with Crippen molar-refractivity contribution in [2.75, 3.05) is 14.2 Å². The minimum Gasteiger partial charge on any atom is -0.469 e. The van der Waals surface area contributed by atoms with Crippen LogP contribution in [0, 0.1) is 0 Å². The molecule has 112 valence electrons. The van der Waals surface area contributed by atoms with E-state index in [0.29, 0.717) is 6.42 Å². The van der Waals surface area contributed by atoms with E-state index in [2.05, 4.69) is 20.1 Å². The molecule has 0 spiro atoms. The van der Waals surface area contributed by atoms with E-state index in [9.17, 15) is 19.2 Å². The second-order valence-corrected chi connectivity index (χ2v) is 4.36. The Labute approximate surface area is 116 Å². The molecular weight excluding hydrogens is 268 g/mol. The van der Waals surface area contributed by atoms with Crippen molar-refractivity contribution < 1.29 is 28.7 Å². The van der Waals surface area contributed by atoms with Crippen LogP contribution in [-0.4, -0.2) is 50.1 Å². The minimum absolute atomic E-state index is 0.0203. The van der Waals surface area contributed by atoms with Gasteiger partial charge in [-0.1, -0.05) is 0 Å². The van der Waals surface area contributed by atoms with Crippen LogP contribution in [0.2, 0.25) is 0 Å². The summed E-state index contributed by atoms with van der Waals surface area (Å²) in [4.78, 5) is 45.5. The minimum atomic E-state index is -0.941. The number of amides is 2. The van der Waals surface area contributed by atoms with Crippen molar-refractivity contribution in [3.8, 4) is 0 Å². The van der Waals surface area contributed by atoms with Crippen LogP contribution in [0.15, 0.2) is 0 Å². The Morgan fingerprint density at radius 3 is 2.55 bits per heavy atom. The number of rotatable bonds is 6. The number of hydrogen-bond acceptors (Lipinski definition) is 6. The third-order valence-electron chi connectivity index (χ3n) is 2.98. The predicted molar refractivity (Wildman–Crippen MR) is 66.4 cm³/mol. The highest BCUT2D eigenvalue weighted by Gasteiger charge is 2.30. The lowest BCUT2D eigenvalue weighted by molar-refractivity contribution is -0.146. The molecule has 1 saturated heterocycles. The average molecular weight is 286 g/mol. The number of hydrogen-bond donors (Lipinski definition) is 2. The Bertz CT molecular complexity index is 409. The van der Waals surface area contributed by atoms with Crippen LogP contribution in [0.25, 0.3) is 0 Å². The molecule has 0 aromatic rings. The first-order valence-corrected chi connectivity index (χ1v) is 6.22. The van der Waals surface area contributed by atoms with E-state index < -0.39 is 29.9 Å². The zero-order valence-electron chi connectivity index (χ0n) is 11.4. The molecule has 0 aromatic heterocycles. The van der Waals surface area contributed by atoms with E-state index in [0.717, 1.165) is 0 Å². The summed E-state index contributed by atoms with van der Waals surface area (Å²) < 4.78 is 9.04. The second kappa shape index (κ2) is 7.46. The van der Waals surface area contributed by atoms with Gasteiger partial charge in [0.2, 0.25) is 11.8 Å². The van der Waals surface area contributed by atoms with Crippen molar-refractivity contribution in [3.63, 3.8) is 0 Å². The summed E-state index contributed by atoms with van der Waals surface area (Å²) in [6.45, 7) is 0. The van der Waals surface area contributed by atoms with Crippen molar-refractivity contribution in [1.82, 2.24) is 10.6 Å². The standard InChI is InChI=1S/C12H18N2O6/c1-19-10(16)6-4-8(12(18)20-2)14-11(17)7-3-5-9(15)13-7/h7-8H,3-6H2,1-2H3,(H,13,15)(H,14,17)/t7-,8-/m1/s1. The number of ether oxygens (including phenoxy) is 2. The van der Waals surface area contributed by atoms with E-state index in [1.54, 1.807) is 0 Å². The van der Waals surface area contributed by atoms with E-state index in [-0.39, 0.29) is 25.2 Å². The first kappa shape index (κ1) is 15.9. The maximum absolute atomic E-state index is 11.9. The van der Waals surface area contributed by atoms with Gasteiger partial charge < -0.3 is 20.1 Å². The van der Waals surface area contributed by atoms with Crippen LogP contribution in [0.4, 0.5) is 0 Å². The summed E-state index contributed by atoms with van der Waals surface area (Å²) in [5.41, 5.74) is 0. The first-order valence-electron chi connectivity index (χ1n) is 6.22. The lowest BCUT2D eigenvalue weighted by atomic mass is 10.1. The molecular formula is C12H18N2O6. The maximum atomic E-state index is 11.9. The van der Waals surface area contributed by atoms with Gasteiger partial charge in [-0.15, -0.1) is 0 Å². The van der Waals surface area contributed by atoms with Crippen molar-refractivity contribution >= 4 is 23.8 Å². The highest BCUT2D eigenvalue weighted by molar-refractivity contribution is 5.93. The normalized spacial score (nSPS) is 18.9. The van der Waals surface area contributed by atoms with Gasteiger partial charge >= 0.3 is 11.9 Å². The molecule has 2 N–H and O–H groups in total. The fourth-order valence-corrected chi connectivity index (χ4v) is 1.84. The highest BCUT2D eigenvalue weighted by atomic mass is 16.5. The Hall–Kier alpha value is -2.12. The summed E-state index contributed by atoms with van der Waals surface area (Å²) in [7, 11) is 2.43. The van der Waals surface area contributed by atoms with Gasteiger partial charge in [-0.2, -0.15) is 0 Å². The maximum Gasteiger partial charge on any atom is 0.328 e. The van der Waals surface area contributed by atoms with Crippen LogP contribution in [0.3, 0.4) is 0 Å². The number of carbonyl (C=O) groups excluding carboxylic acids is 4. The van der Waals surface area contributed by atoms with Gasteiger partial charge in [0, 0.05) is 12.8 Å². The van der Waals surface area contributed by atoms with Crippen molar-refractivity contribution in [2.24, 2.45) is 0 Å².